The SMILES string of the molecule is Cc1ccc(C(N)C2CCc3ccccc3C2)s1. The van der Waals surface area contributed by atoms with Crippen LogP contribution in [-0.4, -0.2) is 0 Å². The molecule has 0 amide bonds. The van der Waals surface area contributed by atoms with Gasteiger partial charge in [-0.05, 0) is 55.4 Å². The first-order valence-electron chi connectivity index (χ1n) is 6.63. The van der Waals surface area contributed by atoms with Crippen LogP contribution in [0, 0.1) is 12.8 Å². The molecule has 0 radical (unpaired) electrons. The zero-order chi connectivity index (χ0) is 12.5. The first-order valence-corrected chi connectivity index (χ1v) is 7.44. The summed E-state index contributed by atoms with van der Waals surface area (Å²) in [6.45, 7) is 2.15. The van der Waals surface area contributed by atoms with Gasteiger partial charge in [-0.3, -0.25) is 0 Å². The van der Waals surface area contributed by atoms with Gasteiger partial charge < -0.3 is 5.73 Å². The van der Waals surface area contributed by atoms with E-state index in [0.717, 1.165) is 6.42 Å². The van der Waals surface area contributed by atoms with Gasteiger partial charge in [-0.15, -0.1) is 11.3 Å². The van der Waals surface area contributed by atoms with E-state index in [4.69, 9.17) is 5.73 Å². The molecule has 18 heavy (non-hydrogen) atoms. The maximum Gasteiger partial charge on any atom is 0.0421 e. The summed E-state index contributed by atoms with van der Waals surface area (Å²) in [7, 11) is 0. The van der Waals surface area contributed by atoms with E-state index in [1.807, 2.05) is 11.3 Å². The van der Waals surface area contributed by atoms with Crippen LogP contribution in [0.1, 0.15) is 33.3 Å². The van der Waals surface area contributed by atoms with Crippen LogP contribution in [0.15, 0.2) is 36.4 Å². The Labute approximate surface area is 113 Å². The van der Waals surface area contributed by atoms with Crippen molar-refractivity contribution in [3.63, 3.8) is 0 Å². The second kappa shape index (κ2) is 4.87. The third-order valence-electron chi connectivity index (χ3n) is 3.98. The highest BCUT2D eigenvalue weighted by Crippen LogP contribution is 2.35. The molecule has 1 aromatic carbocycles. The summed E-state index contributed by atoms with van der Waals surface area (Å²) in [4.78, 5) is 2.70. The van der Waals surface area contributed by atoms with E-state index >= 15 is 0 Å². The molecule has 3 rings (SSSR count). The number of hydrogen-bond donors (Lipinski definition) is 1. The number of thiophene rings is 1. The summed E-state index contributed by atoms with van der Waals surface area (Å²) < 4.78 is 0. The van der Waals surface area contributed by atoms with Crippen LogP contribution in [-0.2, 0) is 12.8 Å². The highest BCUT2D eigenvalue weighted by molar-refractivity contribution is 7.12. The van der Waals surface area contributed by atoms with E-state index in [1.165, 1.54) is 33.7 Å². The van der Waals surface area contributed by atoms with Crippen molar-refractivity contribution in [1.82, 2.24) is 0 Å². The highest BCUT2D eigenvalue weighted by atomic mass is 32.1. The van der Waals surface area contributed by atoms with Crippen LogP contribution in [0.25, 0.3) is 0 Å². The van der Waals surface area contributed by atoms with Crippen LogP contribution in [0.4, 0.5) is 0 Å². The molecule has 0 saturated carbocycles. The van der Waals surface area contributed by atoms with E-state index in [1.54, 1.807) is 0 Å². The van der Waals surface area contributed by atoms with Gasteiger partial charge in [0.05, 0.1) is 0 Å². The average molecular weight is 257 g/mol. The Kier molecular flexibility index (Phi) is 3.23. The Hall–Kier alpha value is -1.12. The summed E-state index contributed by atoms with van der Waals surface area (Å²) in [5.41, 5.74) is 9.47. The zero-order valence-corrected chi connectivity index (χ0v) is 11.5. The molecule has 2 aromatic rings. The van der Waals surface area contributed by atoms with Crippen LogP contribution < -0.4 is 5.73 Å². The normalized spacial score (nSPS) is 20.4. The largest absolute Gasteiger partial charge is 0.323 e. The van der Waals surface area contributed by atoms with E-state index in [2.05, 4.69) is 43.3 Å². The van der Waals surface area contributed by atoms with Gasteiger partial charge in [-0.1, -0.05) is 24.3 Å². The number of nitrogens with two attached hydrogens (primary N) is 1. The fraction of sp³-hybridized carbons (Fsp3) is 0.375. The van der Waals surface area contributed by atoms with Crippen molar-refractivity contribution in [3.05, 3.63) is 57.3 Å². The molecule has 0 fully saturated rings. The van der Waals surface area contributed by atoms with Crippen molar-refractivity contribution < 1.29 is 0 Å². The lowest BCUT2D eigenvalue weighted by molar-refractivity contribution is 0.386. The predicted molar refractivity (Wildman–Crippen MR) is 77.9 cm³/mol. The fourth-order valence-corrected chi connectivity index (χ4v) is 3.87. The van der Waals surface area contributed by atoms with Crippen LogP contribution in [0.3, 0.4) is 0 Å². The van der Waals surface area contributed by atoms with Gasteiger partial charge in [-0.2, -0.15) is 0 Å². The van der Waals surface area contributed by atoms with E-state index in [9.17, 15) is 0 Å². The lowest BCUT2D eigenvalue weighted by Gasteiger charge is -2.28. The van der Waals surface area contributed by atoms with Crippen molar-refractivity contribution in [2.75, 3.05) is 0 Å². The quantitative estimate of drug-likeness (QED) is 0.868. The van der Waals surface area contributed by atoms with Gasteiger partial charge in [0.1, 0.15) is 0 Å². The first-order chi connectivity index (χ1) is 8.74. The van der Waals surface area contributed by atoms with Crippen molar-refractivity contribution in [2.45, 2.75) is 32.2 Å². The second-order valence-electron chi connectivity index (χ2n) is 5.25. The third-order valence-corrected chi connectivity index (χ3v) is 5.08. The minimum absolute atomic E-state index is 0.206. The summed E-state index contributed by atoms with van der Waals surface area (Å²) in [5.74, 6) is 0.595. The maximum atomic E-state index is 6.45. The van der Waals surface area contributed by atoms with Crippen LogP contribution in [0.5, 0.6) is 0 Å². The Morgan fingerprint density at radius 3 is 2.67 bits per heavy atom. The average Bonchev–Trinajstić information content (AvgIpc) is 2.84. The van der Waals surface area contributed by atoms with Gasteiger partial charge >= 0.3 is 0 Å². The summed E-state index contributed by atoms with van der Waals surface area (Å²) >= 11 is 1.85. The minimum atomic E-state index is 0.206. The lowest BCUT2D eigenvalue weighted by Crippen LogP contribution is -2.26. The Balaban J connectivity index is 1.79. The minimum Gasteiger partial charge on any atom is -0.323 e. The molecule has 2 unspecified atom stereocenters. The van der Waals surface area contributed by atoms with E-state index in [-0.39, 0.29) is 6.04 Å². The monoisotopic (exact) mass is 257 g/mol. The van der Waals surface area contributed by atoms with Crippen molar-refractivity contribution in [3.8, 4) is 0 Å². The molecule has 1 nitrogen and oxygen atoms in total. The van der Waals surface area contributed by atoms with Gasteiger partial charge in [0, 0.05) is 15.8 Å². The molecule has 1 aromatic heterocycles. The molecule has 0 saturated heterocycles. The first kappa shape index (κ1) is 11.9. The predicted octanol–water partition coefficient (Wildman–Crippen LogP) is 3.86. The van der Waals surface area contributed by atoms with Crippen LogP contribution in [0.2, 0.25) is 0 Å². The molecular weight excluding hydrogens is 238 g/mol. The van der Waals surface area contributed by atoms with Gasteiger partial charge in [0.2, 0.25) is 0 Å². The standard InChI is InChI=1S/C16H19NS/c1-11-6-9-15(18-11)16(17)14-8-7-12-4-2-3-5-13(12)10-14/h2-6,9,14,16H,7-8,10,17H2,1H3. The van der Waals surface area contributed by atoms with Crippen molar-refractivity contribution in [2.24, 2.45) is 11.7 Å². The summed E-state index contributed by atoms with van der Waals surface area (Å²) in [6, 6.07) is 13.4. The topological polar surface area (TPSA) is 26.0 Å². The van der Waals surface area contributed by atoms with Crippen molar-refractivity contribution >= 4 is 11.3 Å². The molecule has 1 aliphatic carbocycles. The van der Waals surface area contributed by atoms with Gasteiger partial charge in [0.25, 0.3) is 0 Å². The van der Waals surface area contributed by atoms with E-state index < -0.39 is 0 Å². The molecule has 0 spiro atoms. The molecule has 2 atom stereocenters. The number of benzene rings is 1. The van der Waals surface area contributed by atoms with Crippen molar-refractivity contribution in [1.29, 1.82) is 0 Å². The second-order valence-corrected chi connectivity index (χ2v) is 6.57. The Bertz CT molecular complexity index is 544. The maximum absolute atomic E-state index is 6.45. The molecule has 2 heteroatoms. The summed E-state index contributed by atoms with van der Waals surface area (Å²) in [5, 5.41) is 0. The Morgan fingerprint density at radius 2 is 1.94 bits per heavy atom. The lowest BCUT2D eigenvalue weighted by atomic mass is 9.80. The molecule has 0 bridgehead atoms. The van der Waals surface area contributed by atoms with Gasteiger partial charge in [0.15, 0.2) is 0 Å². The summed E-state index contributed by atoms with van der Waals surface area (Å²) in [6.07, 6.45) is 3.53. The van der Waals surface area contributed by atoms with Crippen LogP contribution >= 0.6 is 11.3 Å². The number of aryl methyl sites for hydroxylation is 2. The molecule has 94 valence electrons. The molecule has 2 N–H and O–H groups in total. The smallest absolute Gasteiger partial charge is 0.0421 e. The molecule has 1 heterocycles. The molecular formula is C16H19NS. The number of fused-ring (bicyclic) bond motifs is 1. The molecule has 1 aliphatic rings. The zero-order valence-electron chi connectivity index (χ0n) is 10.7. The Morgan fingerprint density at radius 1 is 1.17 bits per heavy atom. The van der Waals surface area contributed by atoms with Gasteiger partial charge in [-0.25, -0.2) is 0 Å². The van der Waals surface area contributed by atoms with E-state index in [0.29, 0.717) is 5.92 Å². The highest BCUT2D eigenvalue weighted by Gasteiger charge is 2.25. The number of rotatable bonds is 2. The third kappa shape index (κ3) is 2.23. The fourth-order valence-electron chi connectivity index (χ4n) is 2.90. The molecule has 0 aliphatic heterocycles. The number of hydrogen-bond acceptors (Lipinski definition) is 2.